The Morgan fingerprint density at radius 3 is 2.54 bits per heavy atom. The van der Waals surface area contributed by atoms with Gasteiger partial charge in [-0.3, -0.25) is 4.79 Å². The Morgan fingerprint density at radius 1 is 1.27 bits per heavy atom. The highest BCUT2D eigenvalue weighted by atomic mass is 32.2. The molecule has 0 aliphatic carbocycles. The Bertz CT molecular complexity index is 898. The van der Waals surface area contributed by atoms with Gasteiger partial charge in [0.15, 0.2) is 0 Å². The number of nitrogens with one attached hydrogen (secondary N) is 1. The molecule has 138 valence electrons. The van der Waals surface area contributed by atoms with E-state index in [-0.39, 0.29) is 16.8 Å². The first-order chi connectivity index (χ1) is 12.4. The standard InChI is InChI=1S/C18H22N4O3S/c1-3-18(23)20-15-9-11-21(12-10-15)26(24,25)17-13-19-22(14(17)2)16-7-5-4-6-8-16/h3-8,13,15H,1,9-12H2,2H3,(H,20,23). The fourth-order valence-corrected chi connectivity index (χ4v) is 4.73. The molecule has 0 bridgehead atoms. The molecule has 0 saturated carbocycles. The van der Waals surface area contributed by atoms with Crippen LogP contribution in [0.1, 0.15) is 18.5 Å². The van der Waals surface area contributed by atoms with Gasteiger partial charge in [-0.05, 0) is 38.0 Å². The summed E-state index contributed by atoms with van der Waals surface area (Å²) in [4.78, 5) is 11.6. The van der Waals surface area contributed by atoms with Crippen LogP contribution in [-0.4, -0.2) is 47.5 Å². The second-order valence-corrected chi connectivity index (χ2v) is 8.14. The van der Waals surface area contributed by atoms with Crippen molar-refractivity contribution in [3.8, 4) is 5.69 Å². The van der Waals surface area contributed by atoms with Crippen molar-refractivity contribution in [2.45, 2.75) is 30.7 Å². The lowest BCUT2D eigenvalue weighted by Crippen LogP contribution is -2.46. The number of para-hydroxylation sites is 1. The molecule has 3 rings (SSSR count). The van der Waals surface area contributed by atoms with E-state index in [9.17, 15) is 13.2 Å². The lowest BCUT2D eigenvalue weighted by Gasteiger charge is -2.31. The average Bonchev–Trinajstić information content (AvgIpc) is 3.05. The highest BCUT2D eigenvalue weighted by Crippen LogP contribution is 2.24. The van der Waals surface area contributed by atoms with Crippen molar-refractivity contribution in [3.63, 3.8) is 0 Å². The van der Waals surface area contributed by atoms with Crippen LogP contribution in [0.3, 0.4) is 0 Å². The van der Waals surface area contributed by atoms with E-state index in [1.54, 1.807) is 11.6 Å². The molecule has 1 saturated heterocycles. The molecule has 7 nitrogen and oxygen atoms in total. The first-order valence-electron chi connectivity index (χ1n) is 8.46. The molecule has 1 aromatic heterocycles. The number of benzene rings is 1. The lowest BCUT2D eigenvalue weighted by atomic mass is 10.1. The van der Waals surface area contributed by atoms with Gasteiger partial charge in [0, 0.05) is 19.1 Å². The van der Waals surface area contributed by atoms with Crippen LogP contribution in [0.2, 0.25) is 0 Å². The number of amides is 1. The molecule has 1 aliphatic rings. The van der Waals surface area contributed by atoms with Gasteiger partial charge in [-0.15, -0.1) is 0 Å². The number of sulfonamides is 1. The molecular formula is C18H22N4O3S. The number of carbonyl (C=O) groups excluding carboxylic acids is 1. The molecule has 2 aromatic rings. The summed E-state index contributed by atoms with van der Waals surface area (Å²) < 4.78 is 29.1. The third-order valence-corrected chi connectivity index (χ3v) is 6.57. The first kappa shape index (κ1) is 18.3. The van der Waals surface area contributed by atoms with Crippen molar-refractivity contribution < 1.29 is 13.2 Å². The van der Waals surface area contributed by atoms with Crippen LogP contribution in [0.4, 0.5) is 0 Å². The Balaban J connectivity index is 1.77. The quantitative estimate of drug-likeness (QED) is 0.807. The second-order valence-electron chi connectivity index (χ2n) is 6.23. The minimum atomic E-state index is -3.62. The SMILES string of the molecule is C=CC(=O)NC1CCN(S(=O)(=O)c2cnn(-c3ccccc3)c2C)CC1. The van der Waals surface area contributed by atoms with Crippen LogP contribution in [0.15, 0.2) is 54.1 Å². The van der Waals surface area contributed by atoms with Crippen LogP contribution in [0, 0.1) is 6.92 Å². The van der Waals surface area contributed by atoms with E-state index in [0.717, 1.165) is 5.69 Å². The molecular weight excluding hydrogens is 352 g/mol. The van der Waals surface area contributed by atoms with E-state index >= 15 is 0 Å². The van der Waals surface area contributed by atoms with Crippen molar-refractivity contribution in [2.75, 3.05) is 13.1 Å². The number of nitrogens with zero attached hydrogens (tertiary/aromatic N) is 3. The van der Waals surface area contributed by atoms with Crippen molar-refractivity contribution in [1.29, 1.82) is 0 Å². The molecule has 26 heavy (non-hydrogen) atoms. The molecule has 0 spiro atoms. The Hall–Kier alpha value is -2.45. The molecule has 8 heteroatoms. The molecule has 0 unspecified atom stereocenters. The van der Waals surface area contributed by atoms with E-state index in [2.05, 4.69) is 17.0 Å². The summed E-state index contributed by atoms with van der Waals surface area (Å²) in [5, 5.41) is 7.08. The number of hydrogen-bond donors (Lipinski definition) is 1. The summed E-state index contributed by atoms with van der Waals surface area (Å²) >= 11 is 0. The highest BCUT2D eigenvalue weighted by Gasteiger charge is 2.32. The fraction of sp³-hybridized carbons (Fsp3) is 0.333. The molecule has 0 atom stereocenters. The van der Waals surface area contributed by atoms with Crippen LogP contribution < -0.4 is 5.32 Å². The van der Waals surface area contributed by atoms with E-state index in [0.29, 0.717) is 31.6 Å². The Morgan fingerprint density at radius 2 is 1.92 bits per heavy atom. The molecule has 1 aliphatic heterocycles. The minimum Gasteiger partial charge on any atom is -0.350 e. The number of piperidine rings is 1. The van der Waals surface area contributed by atoms with Crippen LogP contribution in [-0.2, 0) is 14.8 Å². The summed E-state index contributed by atoms with van der Waals surface area (Å²) in [7, 11) is -3.62. The summed E-state index contributed by atoms with van der Waals surface area (Å²) in [5.74, 6) is -0.230. The number of carbonyl (C=O) groups is 1. The van der Waals surface area contributed by atoms with Gasteiger partial charge in [-0.25, -0.2) is 13.1 Å². The molecule has 1 N–H and O–H groups in total. The van der Waals surface area contributed by atoms with Gasteiger partial charge in [0.05, 0.1) is 17.6 Å². The largest absolute Gasteiger partial charge is 0.350 e. The zero-order valence-electron chi connectivity index (χ0n) is 14.6. The first-order valence-corrected chi connectivity index (χ1v) is 9.90. The molecule has 1 fully saturated rings. The van der Waals surface area contributed by atoms with Gasteiger partial charge in [0.2, 0.25) is 15.9 Å². The maximum Gasteiger partial charge on any atom is 0.246 e. The van der Waals surface area contributed by atoms with Crippen LogP contribution in [0.5, 0.6) is 0 Å². The highest BCUT2D eigenvalue weighted by molar-refractivity contribution is 7.89. The van der Waals surface area contributed by atoms with E-state index in [1.165, 1.54) is 16.6 Å². The lowest BCUT2D eigenvalue weighted by molar-refractivity contribution is -0.117. The molecule has 1 aromatic carbocycles. The topological polar surface area (TPSA) is 84.3 Å². The monoisotopic (exact) mass is 374 g/mol. The smallest absolute Gasteiger partial charge is 0.246 e. The maximum atomic E-state index is 13.0. The van der Waals surface area contributed by atoms with E-state index in [4.69, 9.17) is 0 Å². The zero-order chi connectivity index (χ0) is 18.7. The number of rotatable bonds is 5. The van der Waals surface area contributed by atoms with Crippen molar-refractivity contribution in [2.24, 2.45) is 0 Å². The van der Waals surface area contributed by atoms with Gasteiger partial charge in [-0.2, -0.15) is 9.40 Å². The molecule has 1 amide bonds. The normalized spacial score (nSPS) is 16.3. The van der Waals surface area contributed by atoms with E-state index in [1.807, 2.05) is 30.3 Å². The zero-order valence-corrected chi connectivity index (χ0v) is 15.4. The maximum absolute atomic E-state index is 13.0. The predicted octanol–water partition coefficient (Wildman–Crippen LogP) is 1.64. The van der Waals surface area contributed by atoms with E-state index < -0.39 is 10.0 Å². The van der Waals surface area contributed by atoms with Crippen LogP contribution in [0.25, 0.3) is 5.69 Å². The summed E-state index contributed by atoms with van der Waals surface area (Å²) in [5.41, 5.74) is 1.40. The molecule has 2 heterocycles. The van der Waals surface area contributed by atoms with Gasteiger partial charge in [-0.1, -0.05) is 24.8 Å². The van der Waals surface area contributed by atoms with Gasteiger partial charge in [0.1, 0.15) is 4.90 Å². The van der Waals surface area contributed by atoms with Gasteiger partial charge >= 0.3 is 0 Å². The number of hydrogen-bond acceptors (Lipinski definition) is 4. The van der Waals surface area contributed by atoms with Gasteiger partial charge < -0.3 is 5.32 Å². The Kier molecular flexibility index (Phi) is 5.24. The second kappa shape index (κ2) is 7.43. The van der Waals surface area contributed by atoms with Crippen LogP contribution >= 0.6 is 0 Å². The third-order valence-electron chi connectivity index (χ3n) is 4.57. The molecule has 0 radical (unpaired) electrons. The van der Waals surface area contributed by atoms with Gasteiger partial charge in [0.25, 0.3) is 0 Å². The summed E-state index contributed by atoms with van der Waals surface area (Å²) in [6, 6.07) is 9.39. The van der Waals surface area contributed by atoms with Crippen molar-refractivity contribution in [3.05, 3.63) is 54.9 Å². The summed E-state index contributed by atoms with van der Waals surface area (Å²) in [6.45, 7) is 5.91. The van der Waals surface area contributed by atoms with Crippen molar-refractivity contribution in [1.82, 2.24) is 19.4 Å². The van der Waals surface area contributed by atoms with Crippen molar-refractivity contribution >= 4 is 15.9 Å². The predicted molar refractivity (Wildman–Crippen MR) is 98.4 cm³/mol. The third kappa shape index (κ3) is 3.56. The Labute approximate surface area is 153 Å². The minimum absolute atomic E-state index is 0.0277. The average molecular weight is 374 g/mol. The summed E-state index contributed by atoms with van der Waals surface area (Å²) in [6.07, 6.45) is 3.78. The number of aromatic nitrogens is 2. The fourth-order valence-electron chi connectivity index (χ4n) is 3.12.